The van der Waals surface area contributed by atoms with Crippen LogP contribution in [-0.4, -0.2) is 48.4 Å². The number of halogens is 2. The zero-order valence-corrected chi connectivity index (χ0v) is 29.4. The van der Waals surface area contributed by atoms with Crippen LogP contribution in [0.1, 0.15) is 54.0 Å². The van der Waals surface area contributed by atoms with Crippen LogP contribution < -0.4 is 21.3 Å². The highest BCUT2D eigenvalue weighted by atomic mass is 19.1. The molecule has 53 heavy (non-hydrogen) atoms. The Balaban J connectivity index is 0.000000164. The van der Waals surface area contributed by atoms with Gasteiger partial charge < -0.3 is 25.0 Å². The molecule has 0 amide bonds. The van der Waals surface area contributed by atoms with Gasteiger partial charge in [0.2, 0.25) is 5.88 Å². The van der Waals surface area contributed by atoms with Crippen LogP contribution in [0.4, 0.5) is 14.7 Å². The topological polar surface area (TPSA) is 125 Å². The summed E-state index contributed by atoms with van der Waals surface area (Å²) in [6.45, 7) is 7.67. The molecule has 0 radical (unpaired) electrons. The van der Waals surface area contributed by atoms with E-state index in [1.165, 1.54) is 0 Å². The standard InChI is InChI=1S/C21H21FN4O.C20H19FN4O/c1-14(20-12-17(27-26-20)13-25-21-23-9-10-24-21)16-7-8-18(19(22)11-16)15-5-3-2-4-6-15;1-13(18-12-19(26-25-18)24-20-22-9-10-23-20)15-7-8-16(17(21)11-15)14-5-3-2-4-6-14/h2-8,11-12,14H,9-10,13H2,1H3,(H2,23,24,25);2-8,11-13H,9-10H2,1H3,(H2,22,23,24). The summed E-state index contributed by atoms with van der Waals surface area (Å²) in [5.41, 5.74) is 6.14. The Morgan fingerprint density at radius 2 is 1.17 bits per heavy atom. The van der Waals surface area contributed by atoms with E-state index in [4.69, 9.17) is 9.05 Å². The second kappa shape index (κ2) is 16.4. The van der Waals surface area contributed by atoms with Crippen molar-refractivity contribution < 1.29 is 17.8 Å². The summed E-state index contributed by atoms with van der Waals surface area (Å²) < 4.78 is 40.0. The molecule has 0 fully saturated rings. The van der Waals surface area contributed by atoms with E-state index in [2.05, 4.69) is 41.6 Å². The minimum atomic E-state index is -0.244. The summed E-state index contributed by atoms with van der Waals surface area (Å²) in [5.74, 6) is 2.05. The van der Waals surface area contributed by atoms with Crippen molar-refractivity contribution in [2.45, 2.75) is 32.2 Å². The van der Waals surface area contributed by atoms with Gasteiger partial charge in [0.25, 0.3) is 0 Å². The summed E-state index contributed by atoms with van der Waals surface area (Å²) in [6, 6.07) is 33.4. The van der Waals surface area contributed by atoms with E-state index in [0.29, 0.717) is 29.5 Å². The predicted octanol–water partition coefficient (Wildman–Crippen LogP) is 7.68. The van der Waals surface area contributed by atoms with Crippen molar-refractivity contribution in [3.8, 4) is 22.3 Å². The fraction of sp³-hybridized carbons (Fsp3) is 0.220. The summed E-state index contributed by atoms with van der Waals surface area (Å²) in [4.78, 5) is 8.52. The van der Waals surface area contributed by atoms with E-state index in [1.807, 2.05) is 111 Å². The lowest BCUT2D eigenvalue weighted by Gasteiger charge is -2.11. The normalized spacial score (nSPS) is 14.6. The third-order valence-electron chi connectivity index (χ3n) is 9.17. The number of hydrogen-bond donors (Lipinski definition) is 4. The maximum atomic E-state index is 14.6. The zero-order chi connectivity index (χ0) is 36.6. The molecule has 4 aromatic carbocycles. The largest absolute Gasteiger partial charge is 0.359 e. The van der Waals surface area contributed by atoms with Crippen LogP contribution in [0, 0.1) is 11.6 Å². The minimum absolute atomic E-state index is 0.0660. The number of nitrogens with one attached hydrogen (secondary N) is 4. The van der Waals surface area contributed by atoms with Crippen molar-refractivity contribution >= 4 is 17.8 Å². The first-order valence-corrected chi connectivity index (χ1v) is 17.6. The Hall–Kier alpha value is -6.30. The van der Waals surface area contributed by atoms with Crippen LogP contribution in [0.5, 0.6) is 0 Å². The average Bonchev–Trinajstić information content (AvgIpc) is 4.04. The van der Waals surface area contributed by atoms with E-state index >= 15 is 0 Å². The van der Waals surface area contributed by atoms with Gasteiger partial charge in [-0.25, -0.2) is 8.78 Å². The molecule has 4 N–H and O–H groups in total. The Morgan fingerprint density at radius 1 is 0.642 bits per heavy atom. The number of nitrogens with zero attached hydrogens (tertiary/aromatic N) is 4. The van der Waals surface area contributed by atoms with Crippen molar-refractivity contribution in [3.63, 3.8) is 0 Å². The number of guanidine groups is 2. The first kappa shape index (κ1) is 35.1. The number of rotatable bonds is 9. The molecule has 0 bridgehead atoms. The maximum absolute atomic E-state index is 14.6. The van der Waals surface area contributed by atoms with Crippen molar-refractivity contribution in [1.29, 1.82) is 0 Å². The number of anilines is 1. The molecule has 0 aliphatic carbocycles. The Bertz CT molecular complexity index is 2200. The second-order valence-electron chi connectivity index (χ2n) is 12.8. The van der Waals surface area contributed by atoms with Crippen LogP contribution in [0.2, 0.25) is 0 Å². The molecular weight excluding hydrogens is 675 g/mol. The minimum Gasteiger partial charge on any atom is -0.359 e. The molecule has 8 rings (SSSR count). The van der Waals surface area contributed by atoms with Gasteiger partial charge in [0.15, 0.2) is 17.7 Å². The molecule has 2 aliphatic heterocycles. The molecule has 2 aromatic heterocycles. The second-order valence-corrected chi connectivity index (χ2v) is 12.8. The molecule has 6 aromatic rings. The van der Waals surface area contributed by atoms with E-state index in [-0.39, 0.29) is 23.5 Å². The fourth-order valence-electron chi connectivity index (χ4n) is 6.10. The number of benzene rings is 4. The van der Waals surface area contributed by atoms with Crippen molar-refractivity contribution in [2.24, 2.45) is 9.98 Å². The quantitative estimate of drug-likeness (QED) is 0.120. The highest BCUT2D eigenvalue weighted by Crippen LogP contribution is 2.31. The molecule has 10 nitrogen and oxygen atoms in total. The summed E-state index contributed by atoms with van der Waals surface area (Å²) in [7, 11) is 0. The predicted molar refractivity (Wildman–Crippen MR) is 203 cm³/mol. The van der Waals surface area contributed by atoms with Gasteiger partial charge in [0, 0.05) is 48.2 Å². The summed E-state index contributed by atoms with van der Waals surface area (Å²) in [6.07, 6.45) is 0. The molecule has 2 aliphatic rings. The van der Waals surface area contributed by atoms with Gasteiger partial charge in [0.1, 0.15) is 11.6 Å². The first-order valence-electron chi connectivity index (χ1n) is 17.6. The lowest BCUT2D eigenvalue weighted by molar-refractivity contribution is 0.373. The zero-order valence-electron chi connectivity index (χ0n) is 29.4. The lowest BCUT2D eigenvalue weighted by atomic mass is 9.94. The number of aliphatic imine (C=N–C) groups is 2. The third kappa shape index (κ3) is 8.61. The monoisotopic (exact) mass is 714 g/mol. The Labute approximate surface area is 306 Å². The summed E-state index contributed by atoms with van der Waals surface area (Å²) >= 11 is 0. The fourth-order valence-corrected chi connectivity index (χ4v) is 6.10. The maximum Gasteiger partial charge on any atom is 0.231 e. The van der Waals surface area contributed by atoms with Crippen molar-refractivity contribution in [3.05, 3.63) is 149 Å². The van der Waals surface area contributed by atoms with Crippen molar-refractivity contribution in [1.82, 2.24) is 26.3 Å². The van der Waals surface area contributed by atoms with Crippen LogP contribution in [0.3, 0.4) is 0 Å². The SMILES string of the molecule is CC(c1ccc(-c2ccccc2)c(F)c1)c1cc(CNC2=NCCN2)on1.CC(c1ccc(-c2ccccc2)c(F)c1)c1cc(NC2=NCCN2)on1. The molecular formula is C41H40F2N8O2. The van der Waals surface area contributed by atoms with E-state index in [9.17, 15) is 8.78 Å². The molecule has 12 heteroatoms. The van der Waals surface area contributed by atoms with Gasteiger partial charge in [-0.1, -0.05) is 109 Å². The summed E-state index contributed by atoms with van der Waals surface area (Å²) in [5, 5.41) is 20.7. The van der Waals surface area contributed by atoms with E-state index < -0.39 is 0 Å². The van der Waals surface area contributed by atoms with Crippen molar-refractivity contribution in [2.75, 3.05) is 31.5 Å². The van der Waals surface area contributed by atoms with E-state index in [0.717, 1.165) is 71.5 Å². The first-order chi connectivity index (χ1) is 25.9. The van der Waals surface area contributed by atoms with Gasteiger partial charge in [-0.2, -0.15) is 0 Å². The van der Waals surface area contributed by atoms with Gasteiger partial charge in [-0.05, 0) is 34.4 Å². The van der Waals surface area contributed by atoms with Crippen LogP contribution in [0.15, 0.2) is 128 Å². The average molecular weight is 715 g/mol. The molecule has 2 unspecified atom stereocenters. The molecule has 0 saturated carbocycles. The lowest BCUT2D eigenvalue weighted by Crippen LogP contribution is -2.33. The van der Waals surface area contributed by atoms with Crippen LogP contribution >= 0.6 is 0 Å². The van der Waals surface area contributed by atoms with E-state index in [1.54, 1.807) is 12.1 Å². The van der Waals surface area contributed by atoms with Gasteiger partial charge in [0.05, 0.1) is 31.0 Å². The van der Waals surface area contributed by atoms with Gasteiger partial charge in [-0.15, -0.1) is 0 Å². The molecule has 2 atom stereocenters. The molecule has 0 saturated heterocycles. The molecule has 270 valence electrons. The molecule has 4 heterocycles. The molecule has 0 spiro atoms. The third-order valence-corrected chi connectivity index (χ3v) is 9.17. The Morgan fingerprint density at radius 3 is 1.70 bits per heavy atom. The highest BCUT2D eigenvalue weighted by Gasteiger charge is 2.19. The smallest absolute Gasteiger partial charge is 0.231 e. The van der Waals surface area contributed by atoms with Gasteiger partial charge in [-0.3, -0.25) is 15.3 Å². The highest BCUT2D eigenvalue weighted by molar-refractivity contribution is 5.93. The number of hydrogen-bond acceptors (Lipinski definition) is 10. The Kier molecular flexibility index (Phi) is 10.8. The number of aromatic nitrogens is 2. The van der Waals surface area contributed by atoms with Crippen LogP contribution in [-0.2, 0) is 6.54 Å². The van der Waals surface area contributed by atoms with Crippen LogP contribution in [0.25, 0.3) is 22.3 Å². The van der Waals surface area contributed by atoms with Gasteiger partial charge >= 0.3 is 0 Å².